The van der Waals surface area contributed by atoms with Crippen LogP contribution in [-0.2, 0) is 4.74 Å². The number of rotatable bonds is 4. The zero-order valence-electron chi connectivity index (χ0n) is 10.8. The van der Waals surface area contributed by atoms with E-state index in [1.807, 2.05) is 32.0 Å². The fraction of sp³-hybridized carbons (Fsp3) is 0.417. The molecule has 6 heteroatoms. The third kappa shape index (κ3) is 4.64. The van der Waals surface area contributed by atoms with E-state index in [1.54, 1.807) is 7.11 Å². The Balaban J connectivity index is 2.79. The molecule has 0 saturated carbocycles. The molecule has 0 aromatic heterocycles. The number of hydrogen-bond acceptors (Lipinski definition) is 3. The summed E-state index contributed by atoms with van der Waals surface area (Å²) in [7, 11) is 1.64. The number of nitrogens with zero attached hydrogens (tertiary/aromatic N) is 1. The lowest BCUT2D eigenvalue weighted by Gasteiger charge is -2.13. The molecule has 100 valence electrons. The van der Waals surface area contributed by atoms with Crippen molar-refractivity contribution < 1.29 is 4.74 Å². The predicted octanol–water partition coefficient (Wildman–Crippen LogP) is 2.02. The summed E-state index contributed by atoms with van der Waals surface area (Å²) < 4.78 is 5.99. The molecule has 0 amide bonds. The Bertz CT molecular complexity index is 423. The second-order valence-electron chi connectivity index (χ2n) is 4.03. The van der Waals surface area contributed by atoms with E-state index in [0.29, 0.717) is 12.6 Å². The number of guanidine groups is 1. The lowest BCUT2D eigenvalue weighted by Crippen LogP contribution is -2.37. The number of hydrogen-bond donors (Lipinski definition) is 3. The van der Waals surface area contributed by atoms with Crippen LogP contribution < -0.4 is 16.6 Å². The van der Waals surface area contributed by atoms with Gasteiger partial charge in [-0.15, -0.1) is 0 Å². The Morgan fingerprint density at radius 1 is 1.56 bits per heavy atom. The SMILES string of the molecule is COCC(C)N=C(NN)Nc1ccc(C)cc1Br. The van der Waals surface area contributed by atoms with Gasteiger partial charge >= 0.3 is 0 Å². The van der Waals surface area contributed by atoms with E-state index in [0.717, 1.165) is 10.2 Å². The molecule has 4 N–H and O–H groups in total. The number of hydrazine groups is 1. The average Bonchev–Trinajstić information content (AvgIpc) is 2.31. The number of halogens is 1. The molecule has 1 atom stereocenters. The monoisotopic (exact) mass is 314 g/mol. The molecule has 0 spiro atoms. The molecule has 18 heavy (non-hydrogen) atoms. The predicted molar refractivity (Wildman–Crippen MR) is 78.6 cm³/mol. The van der Waals surface area contributed by atoms with E-state index in [4.69, 9.17) is 10.6 Å². The van der Waals surface area contributed by atoms with Crippen LogP contribution in [0.4, 0.5) is 5.69 Å². The van der Waals surface area contributed by atoms with Gasteiger partial charge in [-0.3, -0.25) is 5.43 Å². The van der Waals surface area contributed by atoms with Crippen molar-refractivity contribution in [3.63, 3.8) is 0 Å². The quantitative estimate of drug-likeness (QED) is 0.344. The third-order valence-electron chi connectivity index (χ3n) is 2.27. The molecule has 0 aliphatic carbocycles. The van der Waals surface area contributed by atoms with Crippen molar-refractivity contribution in [3.05, 3.63) is 28.2 Å². The average molecular weight is 315 g/mol. The molecule has 1 aromatic carbocycles. The van der Waals surface area contributed by atoms with Crippen LogP contribution in [0.15, 0.2) is 27.7 Å². The molecule has 1 aromatic rings. The van der Waals surface area contributed by atoms with Gasteiger partial charge in [-0.2, -0.15) is 0 Å². The van der Waals surface area contributed by atoms with Gasteiger partial charge in [0.2, 0.25) is 5.96 Å². The number of nitrogens with two attached hydrogens (primary N) is 1. The summed E-state index contributed by atoms with van der Waals surface area (Å²) >= 11 is 3.49. The Labute approximate surface area is 116 Å². The minimum Gasteiger partial charge on any atom is -0.382 e. The van der Waals surface area contributed by atoms with Crippen molar-refractivity contribution >= 4 is 27.6 Å². The Morgan fingerprint density at radius 3 is 2.83 bits per heavy atom. The standard InChI is InChI=1S/C12H19BrN4O/c1-8-4-5-11(10(13)6-8)16-12(17-14)15-9(2)7-18-3/h4-6,9H,7,14H2,1-3H3,(H2,15,16,17). The highest BCUT2D eigenvalue weighted by Gasteiger charge is 2.05. The van der Waals surface area contributed by atoms with Gasteiger partial charge in [-0.1, -0.05) is 6.07 Å². The van der Waals surface area contributed by atoms with E-state index < -0.39 is 0 Å². The maximum atomic E-state index is 5.45. The Morgan fingerprint density at radius 2 is 2.28 bits per heavy atom. The van der Waals surface area contributed by atoms with Gasteiger partial charge < -0.3 is 10.1 Å². The van der Waals surface area contributed by atoms with Crippen LogP contribution >= 0.6 is 15.9 Å². The summed E-state index contributed by atoms with van der Waals surface area (Å²) in [6.07, 6.45) is 0. The Hall–Kier alpha value is -1.11. The van der Waals surface area contributed by atoms with E-state index >= 15 is 0 Å². The number of aliphatic imine (C=N–C) groups is 1. The van der Waals surface area contributed by atoms with Crippen LogP contribution in [0.2, 0.25) is 0 Å². The van der Waals surface area contributed by atoms with Crippen molar-refractivity contribution in [1.82, 2.24) is 5.43 Å². The third-order valence-corrected chi connectivity index (χ3v) is 2.93. The highest BCUT2D eigenvalue weighted by atomic mass is 79.9. The van der Waals surface area contributed by atoms with Crippen LogP contribution in [0.1, 0.15) is 12.5 Å². The summed E-state index contributed by atoms with van der Waals surface area (Å²) in [5, 5.41) is 3.12. The first-order valence-corrected chi connectivity index (χ1v) is 6.42. The first-order valence-electron chi connectivity index (χ1n) is 5.63. The molecule has 0 aliphatic heterocycles. The fourth-order valence-corrected chi connectivity index (χ4v) is 2.05. The summed E-state index contributed by atoms with van der Waals surface area (Å²) in [4.78, 5) is 4.37. The van der Waals surface area contributed by atoms with Gasteiger partial charge in [-0.05, 0) is 47.5 Å². The second-order valence-corrected chi connectivity index (χ2v) is 4.89. The highest BCUT2D eigenvalue weighted by molar-refractivity contribution is 9.10. The largest absolute Gasteiger partial charge is 0.382 e. The van der Waals surface area contributed by atoms with Crippen molar-refractivity contribution in [2.45, 2.75) is 19.9 Å². The van der Waals surface area contributed by atoms with Crippen LogP contribution in [0.25, 0.3) is 0 Å². The number of anilines is 1. The van der Waals surface area contributed by atoms with E-state index in [-0.39, 0.29) is 6.04 Å². The topological polar surface area (TPSA) is 71.7 Å². The Kier molecular flexibility index (Phi) is 6.11. The number of aryl methyl sites for hydroxylation is 1. The van der Waals surface area contributed by atoms with E-state index in [1.165, 1.54) is 5.56 Å². The fourth-order valence-electron chi connectivity index (χ4n) is 1.45. The molecule has 0 fully saturated rings. The minimum atomic E-state index is 0.0257. The summed E-state index contributed by atoms with van der Waals surface area (Å²) in [6, 6.07) is 6.03. The highest BCUT2D eigenvalue weighted by Crippen LogP contribution is 2.23. The molecule has 1 rings (SSSR count). The van der Waals surface area contributed by atoms with Gasteiger partial charge in [0.25, 0.3) is 0 Å². The first kappa shape index (κ1) is 14.9. The molecular formula is C12H19BrN4O. The molecule has 5 nitrogen and oxygen atoms in total. The van der Waals surface area contributed by atoms with Gasteiger partial charge in [0.05, 0.1) is 18.3 Å². The molecule has 0 heterocycles. The zero-order valence-corrected chi connectivity index (χ0v) is 12.4. The van der Waals surface area contributed by atoms with Gasteiger partial charge in [0.15, 0.2) is 0 Å². The summed E-state index contributed by atoms with van der Waals surface area (Å²) in [5.74, 6) is 5.95. The number of ether oxygens (including phenoxy) is 1. The molecule has 0 radical (unpaired) electrons. The van der Waals surface area contributed by atoms with Crippen molar-refractivity contribution in [3.8, 4) is 0 Å². The second kappa shape index (κ2) is 7.35. The summed E-state index contributed by atoms with van der Waals surface area (Å²) in [6.45, 7) is 4.53. The molecule has 0 aliphatic rings. The maximum absolute atomic E-state index is 5.45. The lowest BCUT2D eigenvalue weighted by molar-refractivity contribution is 0.185. The molecular weight excluding hydrogens is 296 g/mol. The first-order chi connectivity index (χ1) is 8.56. The summed E-state index contributed by atoms with van der Waals surface area (Å²) in [5.41, 5.74) is 4.63. The van der Waals surface area contributed by atoms with Crippen LogP contribution in [0.5, 0.6) is 0 Å². The number of benzene rings is 1. The molecule has 1 unspecified atom stereocenters. The lowest BCUT2D eigenvalue weighted by atomic mass is 10.2. The number of methoxy groups -OCH3 is 1. The maximum Gasteiger partial charge on any atom is 0.210 e. The van der Waals surface area contributed by atoms with Crippen LogP contribution in [0.3, 0.4) is 0 Å². The zero-order chi connectivity index (χ0) is 13.5. The van der Waals surface area contributed by atoms with Crippen molar-refractivity contribution in [2.75, 3.05) is 19.0 Å². The number of nitrogens with one attached hydrogen (secondary N) is 2. The van der Waals surface area contributed by atoms with Gasteiger partial charge in [0.1, 0.15) is 0 Å². The minimum absolute atomic E-state index is 0.0257. The van der Waals surface area contributed by atoms with Gasteiger partial charge in [-0.25, -0.2) is 10.8 Å². The molecule has 0 saturated heterocycles. The van der Waals surface area contributed by atoms with Crippen molar-refractivity contribution in [1.29, 1.82) is 0 Å². The van der Waals surface area contributed by atoms with Crippen LogP contribution in [0, 0.1) is 6.92 Å². The van der Waals surface area contributed by atoms with E-state index in [9.17, 15) is 0 Å². The van der Waals surface area contributed by atoms with Crippen LogP contribution in [-0.4, -0.2) is 25.7 Å². The smallest absolute Gasteiger partial charge is 0.210 e. The normalized spacial score (nSPS) is 13.3. The van der Waals surface area contributed by atoms with Gasteiger partial charge in [0, 0.05) is 11.6 Å². The van der Waals surface area contributed by atoms with Crippen molar-refractivity contribution in [2.24, 2.45) is 10.8 Å². The molecule has 0 bridgehead atoms. The van der Waals surface area contributed by atoms with E-state index in [2.05, 4.69) is 31.7 Å².